The molecule has 0 saturated carbocycles. The molecule has 0 radical (unpaired) electrons. The highest BCUT2D eigenvalue weighted by atomic mass is 32.2. The highest BCUT2D eigenvalue weighted by molar-refractivity contribution is 8.26. The number of hydrogen-bond acceptors (Lipinski definition) is 7. The molecule has 0 atom stereocenters. The fraction of sp³-hybridized carbons (Fsp3) is 0.625. The minimum Gasteiger partial charge on any atom is -0.379 e. The molecule has 3 heterocycles. The van der Waals surface area contributed by atoms with E-state index in [-0.39, 0.29) is 5.91 Å². The van der Waals surface area contributed by atoms with E-state index in [4.69, 9.17) is 17.0 Å². The van der Waals surface area contributed by atoms with Crippen molar-refractivity contribution in [1.82, 2.24) is 14.7 Å². The fourth-order valence-electron chi connectivity index (χ4n) is 2.81. The van der Waals surface area contributed by atoms with Gasteiger partial charge in [0.1, 0.15) is 4.32 Å². The number of rotatable bonds is 4. The van der Waals surface area contributed by atoms with Crippen LogP contribution in [0.25, 0.3) is 0 Å². The summed E-state index contributed by atoms with van der Waals surface area (Å²) in [6, 6.07) is 0. The van der Waals surface area contributed by atoms with Crippen LogP contribution in [0, 0.1) is 0 Å². The zero-order valence-corrected chi connectivity index (χ0v) is 16.6. The maximum absolute atomic E-state index is 12.8. The van der Waals surface area contributed by atoms with Gasteiger partial charge in [-0.2, -0.15) is 0 Å². The molecule has 3 saturated heterocycles. The van der Waals surface area contributed by atoms with Crippen molar-refractivity contribution in [2.75, 3.05) is 58.7 Å². The molecule has 0 bridgehead atoms. The second-order valence-corrected chi connectivity index (χ2v) is 8.80. The van der Waals surface area contributed by atoms with Crippen LogP contribution in [0.2, 0.25) is 0 Å². The summed E-state index contributed by atoms with van der Waals surface area (Å²) in [7, 11) is 2.09. The minimum atomic E-state index is 0.0539. The predicted molar refractivity (Wildman–Crippen MR) is 105 cm³/mol. The van der Waals surface area contributed by atoms with E-state index in [0.29, 0.717) is 10.9 Å². The first-order valence-corrected chi connectivity index (χ1v) is 10.4. The van der Waals surface area contributed by atoms with Crippen LogP contribution in [-0.4, -0.2) is 83.7 Å². The first kappa shape index (κ1) is 18.3. The highest BCUT2D eigenvalue weighted by Crippen LogP contribution is 2.35. The Morgan fingerprint density at radius 3 is 2.71 bits per heavy atom. The Kier molecular flexibility index (Phi) is 6.26. The second-order valence-electron chi connectivity index (χ2n) is 6.04. The van der Waals surface area contributed by atoms with Gasteiger partial charge in [0.25, 0.3) is 5.91 Å². The van der Waals surface area contributed by atoms with Gasteiger partial charge in [0.05, 0.1) is 23.1 Å². The minimum absolute atomic E-state index is 0.0539. The molecule has 0 unspecified atom stereocenters. The standard InChI is InChI=1S/C16H23N3O2S3/c1-12(11-13-17(2)7-10-23-13)14-15(20)19(16(22)24-14)4-3-18-5-8-21-9-6-18/h11H,3-10H2,1-2H3. The second kappa shape index (κ2) is 8.23. The Morgan fingerprint density at radius 1 is 1.29 bits per heavy atom. The Balaban J connectivity index is 1.65. The molecular formula is C16H23N3O2S3. The number of hydrogen-bond donors (Lipinski definition) is 0. The van der Waals surface area contributed by atoms with Gasteiger partial charge >= 0.3 is 0 Å². The van der Waals surface area contributed by atoms with Gasteiger partial charge in [-0.25, -0.2) is 0 Å². The van der Waals surface area contributed by atoms with Crippen molar-refractivity contribution in [2.24, 2.45) is 0 Å². The van der Waals surface area contributed by atoms with Gasteiger partial charge in [-0.1, -0.05) is 24.0 Å². The van der Waals surface area contributed by atoms with Gasteiger partial charge < -0.3 is 9.64 Å². The van der Waals surface area contributed by atoms with Crippen LogP contribution in [0.1, 0.15) is 6.92 Å². The summed E-state index contributed by atoms with van der Waals surface area (Å²) in [5, 5.41) is 1.23. The molecule has 0 aromatic rings. The van der Waals surface area contributed by atoms with Gasteiger partial charge in [-0.15, -0.1) is 11.8 Å². The average molecular weight is 386 g/mol. The number of nitrogens with zero attached hydrogens (tertiary/aromatic N) is 3. The summed E-state index contributed by atoms with van der Waals surface area (Å²) in [5.74, 6) is 1.16. The predicted octanol–water partition coefficient (Wildman–Crippen LogP) is 1.97. The van der Waals surface area contributed by atoms with Crippen LogP contribution in [-0.2, 0) is 9.53 Å². The molecule has 8 heteroatoms. The lowest BCUT2D eigenvalue weighted by Gasteiger charge is -2.28. The summed E-state index contributed by atoms with van der Waals surface area (Å²) in [4.78, 5) is 19.8. The molecule has 3 aliphatic rings. The summed E-state index contributed by atoms with van der Waals surface area (Å²) in [5.41, 5.74) is 1.01. The number of thiocarbonyl (C=S) groups is 1. The summed E-state index contributed by atoms with van der Waals surface area (Å²) < 4.78 is 6.04. The van der Waals surface area contributed by atoms with Crippen LogP contribution < -0.4 is 0 Å². The lowest BCUT2D eigenvalue weighted by atomic mass is 10.2. The SMILES string of the molecule is CC(C=C1SCCN1C)=C1SC(=S)N(CCN2CCOCC2)C1=O. The van der Waals surface area contributed by atoms with E-state index in [9.17, 15) is 4.79 Å². The largest absolute Gasteiger partial charge is 0.379 e. The first-order chi connectivity index (χ1) is 11.6. The summed E-state index contributed by atoms with van der Waals surface area (Å²) in [6.07, 6.45) is 2.12. The normalized spacial score (nSPS) is 26.8. The maximum atomic E-state index is 12.8. The molecule has 0 aliphatic carbocycles. The molecule has 3 fully saturated rings. The molecule has 0 aromatic heterocycles. The van der Waals surface area contributed by atoms with Gasteiger partial charge in [-0.05, 0) is 18.6 Å². The van der Waals surface area contributed by atoms with Gasteiger partial charge in [0, 0.05) is 45.5 Å². The van der Waals surface area contributed by atoms with Crippen molar-refractivity contribution >= 4 is 46.0 Å². The number of carbonyl (C=O) groups is 1. The third-order valence-electron chi connectivity index (χ3n) is 4.34. The lowest BCUT2D eigenvalue weighted by molar-refractivity contribution is -0.122. The van der Waals surface area contributed by atoms with E-state index in [1.165, 1.54) is 16.8 Å². The monoisotopic (exact) mass is 385 g/mol. The Hall–Kier alpha value is -0.540. The smallest absolute Gasteiger partial charge is 0.266 e. The van der Waals surface area contributed by atoms with Gasteiger partial charge in [0.15, 0.2) is 0 Å². The third-order valence-corrected chi connectivity index (χ3v) is 7.02. The molecule has 5 nitrogen and oxygen atoms in total. The molecular weight excluding hydrogens is 362 g/mol. The number of thioether (sulfide) groups is 2. The summed E-state index contributed by atoms with van der Waals surface area (Å²) in [6.45, 7) is 7.98. The number of morpholine rings is 1. The number of allylic oxidation sites excluding steroid dienone is 2. The molecule has 3 rings (SSSR count). The van der Waals surface area contributed by atoms with E-state index in [0.717, 1.165) is 55.6 Å². The Labute approximate surface area is 157 Å². The topological polar surface area (TPSA) is 36.0 Å². The van der Waals surface area contributed by atoms with Crippen molar-refractivity contribution < 1.29 is 9.53 Å². The Morgan fingerprint density at radius 2 is 2.04 bits per heavy atom. The third kappa shape index (κ3) is 4.16. The van der Waals surface area contributed by atoms with E-state index in [2.05, 4.69) is 22.9 Å². The van der Waals surface area contributed by atoms with Crippen LogP contribution >= 0.6 is 35.7 Å². The first-order valence-electron chi connectivity index (χ1n) is 8.16. The van der Waals surface area contributed by atoms with Crippen LogP contribution in [0.5, 0.6) is 0 Å². The number of amides is 1. The zero-order valence-electron chi connectivity index (χ0n) is 14.1. The molecule has 1 amide bonds. The molecule has 3 aliphatic heterocycles. The average Bonchev–Trinajstić information content (AvgIpc) is 3.10. The molecule has 0 aromatic carbocycles. The summed E-state index contributed by atoms with van der Waals surface area (Å²) >= 11 is 8.71. The van der Waals surface area contributed by atoms with Crippen molar-refractivity contribution in [1.29, 1.82) is 0 Å². The van der Waals surface area contributed by atoms with Crippen molar-refractivity contribution in [3.8, 4) is 0 Å². The fourth-order valence-corrected chi connectivity index (χ4v) is 5.26. The quantitative estimate of drug-likeness (QED) is 0.541. The van der Waals surface area contributed by atoms with E-state index in [1.807, 2.05) is 18.7 Å². The maximum Gasteiger partial charge on any atom is 0.266 e. The molecule has 0 N–H and O–H groups in total. The molecule has 24 heavy (non-hydrogen) atoms. The van der Waals surface area contributed by atoms with Crippen molar-refractivity contribution in [2.45, 2.75) is 6.92 Å². The molecule has 132 valence electrons. The number of carbonyl (C=O) groups excluding carboxylic acids is 1. The van der Waals surface area contributed by atoms with Crippen LogP contribution in [0.15, 0.2) is 21.6 Å². The Bertz CT molecular complexity index is 585. The van der Waals surface area contributed by atoms with E-state index in [1.54, 1.807) is 4.90 Å². The lowest BCUT2D eigenvalue weighted by Crippen LogP contribution is -2.42. The number of ether oxygens (including phenoxy) is 1. The van der Waals surface area contributed by atoms with Gasteiger partial charge in [0.2, 0.25) is 0 Å². The van der Waals surface area contributed by atoms with Crippen molar-refractivity contribution in [3.05, 3.63) is 21.6 Å². The van der Waals surface area contributed by atoms with Gasteiger partial charge in [-0.3, -0.25) is 14.6 Å². The molecule has 0 spiro atoms. The van der Waals surface area contributed by atoms with E-state index >= 15 is 0 Å². The highest BCUT2D eigenvalue weighted by Gasteiger charge is 2.33. The van der Waals surface area contributed by atoms with Crippen LogP contribution in [0.3, 0.4) is 0 Å². The zero-order chi connectivity index (χ0) is 17.1. The van der Waals surface area contributed by atoms with Crippen LogP contribution in [0.4, 0.5) is 0 Å². The van der Waals surface area contributed by atoms with E-state index < -0.39 is 0 Å². The van der Waals surface area contributed by atoms with Crippen molar-refractivity contribution in [3.63, 3.8) is 0 Å².